The van der Waals surface area contributed by atoms with Gasteiger partial charge in [0.25, 0.3) is 0 Å². The highest BCUT2D eigenvalue weighted by Crippen LogP contribution is 2.35. The van der Waals surface area contributed by atoms with Crippen LogP contribution in [-0.4, -0.2) is 36.7 Å². The molecule has 0 radical (unpaired) electrons. The predicted octanol–water partition coefficient (Wildman–Crippen LogP) is 5.43. The first-order chi connectivity index (χ1) is 16.1. The number of aromatic nitrogens is 1. The zero-order valence-electron chi connectivity index (χ0n) is 19.3. The summed E-state index contributed by atoms with van der Waals surface area (Å²) in [6, 6.07) is 9.58. The van der Waals surface area contributed by atoms with E-state index in [4.69, 9.17) is 0 Å². The molecule has 0 saturated heterocycles. The number of anilines is 1. The first-order valence-electron chi connectivity index (χ1n) is 11.5. The number of carbonyl (C=O) groups is 1. The van der Waals surface area contributed by atoms with Gasteiger partial charge >= 0.3 is 6.18 Å². The fraction of sp³-hybridized carbons (Fsp3) is 0.500. The number of hydrogen-bond donors (Lipinski definition) is 1. The fourth-order valence-electron chi connectivity index (χ4n) is 4.43. The van der Waals surface area contributed by atoms with E-state index in [9.17, 15) is 26.4 Å². The number of pyridine rings is 1. The van der Waals surface area contributed by atoms with E-state index in [0.717, 1.165) is 31.7 Å². The van der Waals surface area contributed by atoms with E-state index in [1.165, 1.54) is 28.6 Å². The normalized spacial score (nSPS) is 16.1. The third-order valence-corrected chi connectivity index (χ3v) is 8.34. The minimum absolute atomic E-state index is 0.138. The van der Waals surface area contributed by atoms with Gasteiger partial charge in [-0.2, -0.15) is 17.5 Å². The summed E-state index contributed by atoms with van der Waals surface area (Å²) in [5.41, 5.74) is -0.460. The number of amides is 1. The Kier molecular flexibility index (Phi) is 8.35. The van der Waals surface area contributed by atoms with E-state index in [-0.39, 0.29) is 10.7 Å². The monoisotopic (exact) mass is 497 g/mol. The average molecular weight is 498 g/mol. The van der Waals surface area contributed by atoms with Crippen LogP contribution in [-0.2, 0) is 21.0 Å². The summed E-state index contributed by atoms with van der Waals surface area (Å²) in [6.45, 7) is 4.22. The van der Waals surface area contributed by atoms with Crippen molar-refractivity contribution in [1.29, 1.82) is 0 Å². The second-order valence-corrected chi connectivity index (χ2v) is 10.4. The van der Waals surface area contributed by atoms with Crippen LogP contribution < -0.4 is 5.32 Å². The summed E-state index contributed by atoms with van der Waals surface area (Å²) in [7, 11) is -3.64. The molecule has 1 fully saturated rings. The Morgan fingerprint density at radius 1 is 1.09 bits per heavy atom. The zero-order chi connectivity index (χ0) is 24.9. The zero-order valence-corrected chi connectivity index (χ0v) is 20.1. The maximum Gasteiger partial charge on any atom is 0.433 e. The lowest BCUT2D eigenvalue weighted by Gasteiger charge is -2.22. The van der Waals surface area contributed by atoms with Crippen LogP contribution in [0.1, 0.15) is 63.1 Å². The lowest BCUT2D eigenvalue weighted by atomic mass is 9.87. The molecule has 1 aromatic carbocycles. The number of halogens is 3. The Hall–Kier alpha value is -2.46. The number of nitrogens with one attached hydrogen (secondary N) is 1. The smallest absolute Gasteiger partial charge is 0.310 e. The van der Waals surface area contributed by atoms with Gasteiger partial charge in [0, 0.05) is 13.1 Å². The molecule has 3 rings (SSSR count). The summed E-state index contributed by atoms with van der Waals surface area (Å²) in [5, 5.41) is 2.53. The van der Waals surface area contributed by atoms with Gasteiger partial charge in [0.2, 0.25) is 15.9 Å². The summed E-state index contributed by atoms with van der Waals surface area (Å²) in [4.78, 5) is 16.9. The quantitative estimate of drug-likeness (QED) is 0.501. The molecule has 1 N–H and O–H groups in total. The summed E-state index contributed by atoms with van der Waals surface area (Å²) >= 11 is 0. The molecule has 1 aliphatic rings. The summed E-state index contributed by atoms with van der Waals surface area (Å²) in [6.07, 6.45) is 0.0492. The number of alkyl halides is 3. The van der Waals surface area contributed by atoms with E-state index in [0.29, 0.717) is 31.0 Å². The minimum atomic E-state index is -4.61. The molecule has 34 heavy (non-hydrogen) atoms. The lowest BCUT2D eigenvalue weighted by Crippen LogP contribution is -2.30. The third-order valence-electron chi connectivity index (χ3n) is 6.28. The highest BCUT2D eigenvalue weighted by atomic mass is 32.2. The molecule has 0 aliphatic heterocycles. The second-order valence-electron chi connectivity index (χ2n) is 8.49. The molecule has 0 bridgehead atoms. The third kappa shape index (κ3) is 6.15. The van der Waals surface area contributed by atoms with Crippen molar-refractivity contribution in [2.75, 3.05) is 18.4 Å². The topological polar surface area (TPSA) is 79.4 Å². The number of hydrogen-bond acceptors (Lipinski definition) is 4. The Morgan fingerprint density at radius 2 is 1.71 bits per heavy atom. The van der Waals surface area contributed by atoms with Crippen LogP contribution in [0.2, 0.25) is 0 Å². The number of carbonyl (C=O) groups excluding carboxylic acids is 1. The lowest BCUT2D eigenvalue weighted by molar-refractivity contribution is -0.141. The molecule has 1 atom stereocenters. The van der Waals surface area contributed by atoms with Crippen LogP contribution in [0.5, 0.6) is 0 Å². The molecular formula is C24H30F3N3O3S. The molecule has 1 aromatic heterocycles. The van der Waals surface area contributed by atoms with Gasteiger partial charge in [-0.3, -0.25) is 4.79 Å². The SMILES string of the molecule is CCN(CC)S(=O)(=O)c1ccc(C(CC2CCCC2)C(=O)Nc2cccc(C(F)(F)F)n2)cc1. The van der Waals surface area contributed by atoms with E-state index in [2.05, 4.69) is 10.3 Å². The van der Waals surface area contributed by atoms with Crippen LogP contribution in [0.15, 0.2) is 47.4 Å². The predicted molar refractivity (Wildman–Crippen MR) is 124 cm³/mol. The Morgan fingerprint density at radius 3 is 2.26 bits per heavy atom. The van der Waals surface area contributed by atoms with Gasteiger partial charge in [0.15, 0.2) is 0 Å². The molecular weight excluding hydrogens is 467 g/mol. The largest absolute Gasteiger partial charge is 0.433 e. The van der Waals surface area contributed by atoms with Gasteiger partial charge < -0.3 is 5.32 Å². The van der Waals surface area contributed by atoms with Crippen molar-refractivity contribution in [3.63, 3.8) is 0 Å². The van der Waals surface area contributed by atoms with Crippen molar-refractivity contribution >= 4 is 21.7 Å². The summed E-state index contributed by atoms with van der Waals surface area (Å²) in [5.74, 6) is -0.941. The van der Waals surface area contributed by atoms with E-state index in [1.54, 1.807) is 26.0 Å². The average Bonchev–Trinajstić information content (AvgIpc) is 3.31. The Labute approximate surface area is 198 Å². The van der Waals surface area contributed by atoms with Gasteiger partial charge in [-0.05, 0) is 42.2 Å². The highest BCUT2D eigenvalue weighted by molar-refractivity contribution is 7.89. The van der Waals surface area contributed by atoms with Crippen molar-refractivity contribution in [3.8, 4) is 0 Å². The minimum Gasteiger partial charge on any atom is -0.310 e. The Bertz CT molecular complexity index is 1080. The molecule has 1 aliphatic carbocycles. The van der Waals surface area contributed by atoms with Gasteiger partial charge in [0.05, 0.1) is 10.8 Å². The molecule has 1 saturated carbocycles. The number of sulfonamides is 1. The van der Waals surface area contributed by atoms with Crippen molar-refractivity contribution in [1.82, 2.24) is 9.29 Å². The molecule has 10 heteroatoms. The van der Waals surface area contributed by atoms with Gasteiger partial charge in [0.1, 0.15) is 11.5 Å². The maximum absolute atomic E-state index is 13.2. The van der Waals surface area contributed by atoms with E-state index < -0.39 is 33.7 Å². The summed E-state index contributed by atoms with van der Waals surface area (Å²) < 4.78 is 66.0. The molecule has 1 unspecified atom stereocenters. The van der Waals surface area contributed by atoms with Gasteiger partial charge in [-0.15, -0.1) is 0 Å². The van der Waals surface area contributed by atoms with Crippen molar-refractivity contribution < 1.29 is 26.4 Å². The first-order valence-corrected chi connectivity index (χ1v) is 13.0. The standard InChI is InChI=1S/C24H30F3N3O3S/c1-3-30(4-2)34(32,33)19-14-12-18(13-15-19)20(16-17-8-5-6-9-17)23(31)29-22-11-7-10-21(28-22)24(25,26)27/h7,10-15,17,20H,3-6,8-9,16H2,1-2H3,(H,28,29,31). The molecule has 1 amide bonds. The van der Waals surface area contributed by atoms with Crippen LogP contribution in [0.25, 0.3) is 0 Å². The van der Waals surface area contributed by atoms with Crippen molar-refractivity contribution in [2.45, 2.75) is 62.9 Å². The number of rotatable bonds is 9. The van der Waals surface area contributed by atoms with E-state index >= 15 is 0 Å². The van der Waals surface area contributed by atoms with Gasteiger partial charge in [-0.1, -0.05) is 57.7 Å². The highest BCUT2D eigenvalue weighted by Gasteiger charge is 2.33. The maximum atomic E-state index is 13.2. The molecule has 186 valence electrons. The van der Waals surface area contributed by atoms with Crippen LogP contribution >= 0.6 is 0 Å². The molecule has 1 heterocycles. The molecule has 0 spiro atoms. The van der Waals surface area contributed by atoms with Crippen molar-refractivity contribution in [3.05, 3.63) is 53.7 Å². The Balaban J connectivity index is 1.87. The van der Waals surface area contributed by atoms with Crippen LogP contribution in [0.4, 0.5) is 19.0 Å². The van der Waals surface area contributed by atoms with Crippen LogP contribution in [0.3, 0.4) is 0 Å². The molecule has 6 nitrogen and oxygen atoms in total. The number of nitrogens with zero attached hydrogens (tertiary/aromatic N) is 2. The van der Waals surface area contributed by atoms with E-state index in [1.807, 2.05) is 0 Å². The van der Waals surface area contributed by atoms with Gasteiger partial charge in [-0.25, -0.2) is 13.4 Å². The van der Waals surface area contributed by atoms with Crippen LogP contribution in [0, 0.1) is 5.92 Å². The molecule has 2 aromatic rings. The second kappa shape index (κ2) is 10.9. The number of benzene rings is 1. The fourth-order valence-corrected chi connectivity index (χ4v) is 5.89. The first kappa shape index (κ1) is 26.2. The van der Waals surface area contributed by atoms with Crippen molar-refractivity contribution in [2.24, 2.45) is 5.92 Å².